The fraction of sp³-hybridized carbons (Fsp3) is 0.105. The molecule has 1 aromatic heterocycles. The van der Waals surface area contributed by atoms with Gasteiger partial charge in [-0.05, 0) is 49.4 Å². The van der Waals surface area contributed by atoms with E-state index in [1.807, 2.05) is 0 Å². The SMILES string of the molecule is CC(=O)c1ccc(NC(=O)COc2ccc3ccc(=O)oc3c2)cc1. The van der Waals surface area contributed by atoms with Gasteiger partial charge in [0, 0.05) is 28.8 Å². The van der Waals surface area contributed by atoms with Crippen molar-refractivity contribution in [3.05, 3.63) is 70.6 Å². The summed E-state index contributed by atoms with van der Waals surface area (Å²) in [6, 6.07) is 14.6. The molecule has 1 N–H and O–H groups in total. The van der Waals surface area contributed by atoms with Crippen LogP contribution in [0.3, 0.4) is 0 Å². The molecule has 6 nitrogen and oxygen atoms in total. The zero-order valence-electron chi connectivity index (χ0n) is 13.4. The van der Waals surface area contributed by atoms with Crippen molar-refractivity contribution in [2.45, 2.75) is 6.92 Å². The van der Waals surface area contributed by atoms with Crippen LogP contribution in [0.2, 0.25) is 0 Å². The molecule has 0 radical (unpaired) electrons. The van der Waals surface area contributed by atoms with Gasteiger partial charge < -0.3 is 14.5 Å². The molecular weight excluding hydrogens is 322 g/mol. The summed E-state index contributed by atoms with van der Waals surface area (Å²) in [6.45, 7) is 1.28. The van der Waals surface area contributed by atoms with Crippen molar-refractivity contribution in [1.29, 1.82) is 0 Å². The van der Waals surface area contributed by atoms with Gasteiger partial charge in [-0.2, -0.15) is 0 Å². The highest BCUT2D eigenvalue weighted by Crippen LogP contribution is 2.19. The van der Waals surface area contributed by atoms with Crippen molar-refractivity contribution < 1.29 is 18.7 Å². The maximum Gasteiger partial charge on any atom is 0.336 e. The fourth-order valence-corrected chi connectivity index (χ4v) is 2.26. The average Bonchev–Trinajstić information content (AvgIpc) is 2.60. The fourth-order valence-electron chi connectivity index (χ4n) is 2.26. The number of anilines is 1. The van der Waals surface area contributed by atoms with Crippen molar-refractivity contribution in [2.24, 2.45) is 0 Å². The molecule has 0 fully saturated rings. The first-order valence-corrected chi connectivity index (χ1v) is 7.59. The molecule has 126 valence electrons. The largest absolute Gasteiger partial charge is 0.484 e. The monoisotopic (exact) mass is 337 g/mol. The standard InChI is InChI=1S/C19H15NO5/c1-12(21)13-2-6-15(7-3-13)20-18(22)11-24-16-8-4-14-5-9-19(23)25-17(14)10-16/h2-10H,11H2,1H3,(H,20,22). The Bertz CT molecular complexity index is 989. The van der Waals surface area contributed by atoms with Crippen molar-refractivity contribution >= 4 is 28.3 Å². The smallest absolute Gasteiger partial charge is 0.336 e. The Morgan fingerprint density at radius 3 is 2.48 bits per heavy atom. The van der Waals surface area contributed by atoms with Gasteiger partial charge >= 0.3 is 5.63 Å². The summed E-state index contributed by atoms with van der Waals surface area (Å²) >= 11 is 0. The van der Waals surface area contributed by atoms with E-state index in [0.29, 0.717) is 22.6 Å². The molecule has 0 atom stereocenters. The Morgan fingerprint density at radius 1 is 1.04 bits per heavy atom. The van der Waals surface area contributed by atoms with Crippen LogP contribution in [0.5, 0.6) is 5.75 Å². The van der Waals surface area contributed by atoms with Crippen molar-refractivity contribution in [3.8, 4) is 5.75 Å². The second-order valence-corrected chi connectivity index (χ2v) is 5.42. The zero-order valence-corrected chi connectivity index (χ0v) is 13.4. The van der Waals surface area contributed by atoms with Crippen LogP contribution >= 0.6 is 0 Å². The normalized spacial score (nSPS) is 10.4. The molecule has 0 saturated carbocycles. The van der Waals surface area contributed by atoms with Crippen LogP contribution in [-0.2, 0) is 4.79 Å². The van der Waals surface area contributed by atoms with Gasteiger partial charge in [0.1, 0.15) is 11.3 Å². The number of ether oxygens (including phenoxy) is 1. The predicted molar refractivity (Wildman–Crippen MR) is 93.1 cm³/mol. The molecule has 1 heterocycles. The maximum absolute atomic E-state index is 11.9. The third-order valence-corrected chi connectivity index (χ3v) is 3.54. The predicted octanol–water partition coefficient (Wildman–Crippen LogP) is 3.01. The zero-order chi connectivity index (χ0) is 17.8. The van der Waals surface area contributed by atoms with E-state index in [0.717, 1.165) is 5.39 Å². The van der Waals surface area contributed by atoms with Gasteiger partial charge in [-0.3, -0.25) is 9.59 Å². The average molecular weight is 337 g/mol. The molecule has 0 saturated heterocycles. The molecule has 0 spiro atoms. The minimum Gasteiger partial charge on any atom is -0.484 e. The number of nitrogens with one attached hydrogen (secondary N) is 1. The third kappa shape index (κ3) is 4.11. The Hall–Kier alpha value is -3.41. The van der Waals surface area contributed by atoms with Crippen molar-refractivity contribution in [2.75, 3.05) is 11.9 Å². The number of benzene rings is 2. The highest BCUT2D eigenvalue weighted by atomic mass is 16.5. The molecule has 6 heteroatoms. The van der Waals surface area contributed by atoms with Crippen molar-refractivity contribution in [3.63, 3.8) is 0 Å². The lowest BCUT2D eigenvalue weighted by molar-refractivity contribution is -0.118. The van der Waals surface area contributed by atoms with E-state index in [1.54, 1.807) is 48.5 Å². The van der Waals surface area contributed by atoms with E-state index in [2.05, 4.69) is 5.32 Å². The summed E-state index contributed by atoms with van der Waals surface area (Å²) in [5, 5.41) is 3.44. The molecule has 3 rings (SSSR count). The molecule has 2 aromatic carbocycles. The molecule has 25 heavy (non-hydrogen) atoms. The van der Waals surface area contributed by atoms with Gasteiger partial charge in [0.2, 0.25) is 0 Å². The lowest BCUT2D eigenvalue weighted by Crippen LogP contribution is -2.20. The van der Waals surface area contributed by atoms with E-state index in [1.165, 1.54) is 13.0 Å². The van der Waals surface area contributed by atoms with Gasteiger partial charge in [0.05, 0.1) is 0 Å². The van der Waals surface area contributed by atoms with Gasteiger partial charge in [-0.25, -0.2) is 4.79 Å². The summed E-state index contributed by atoms with van der Waals surface area (Å²) < 4.78 is 10.5. The molecular formula is C19H15NO5. The van der Waals surface area contributed by atoms with Crippen LogP contribution in [0.25, 0.3) is 11.0 Å². The van der Waals surface area contributed by atoms with Crippen LogP contribution in [0.4, 0.5) is 5.69 Å². The third-order valence-electron chi connectivity index (χ3n) is 3.54. The van der Waals surface area contributed by atoms with E-state index >= 15 is 0 Å². The molecule has 3 aromatic rings. The van der Waals surface area contributed by atoms with Gasteiger partial charge in [0.25, 0.3) is 5.91 Å². The van der Waals surface area contributed by atoms with Crippen LogP contribution in [0, 0.1) is 0 Å². The number of fused-ring (bicyclic) bond motifs is 1. The lowest BCUT2D eigenvalue weighted by Gasteiger charge is -2.08. The summed E-state index contributed by atoms with van der Waals surface area (Å²) in [6.07, 6.45) is 0. The topological polar surface area (TPSA) is 85.6 Å². The number of hydrogen-bond acceptors (Lipinski definition) is 5. The molecule has 0 aliphatic rings. The number of Topliss-reactive ketones (excluding diaryl/α,β-unsaturated/α-hetero) is 1. The lowest BCUT2D eigenvalue weighted by atomic mass is 10.1. The molecule has 0 aliphatic carbocycles. The number of amides is 1. The number of hydrogen-bond donors (Lipinski definition) is 1. The summed E-state index contributed by atoms with van der Waals surface area (Å²) in [7, 11) is 0. The number of ketones is 1. The molecule has 0 unspecified atom stereocenters. The minimum atomic E-state index is -0.448. The first-order valence-electron chi connectivity index (χ1n) is 7.59. The van der Waals surface area contributed by atoms with Crippen molar-refractivity contribution in [1.82, 2.24) is 0 Å². The molecule has 1 amide bonds. The second-order valence-electron chi connectivity index (χ2n) is 5.42. The summed E-state index contributed by atoms with van der Waals surface area (Å²) in [5.41, 5.74) is 1.09. The van der Waals surface area contributed by atoms with Crippen LogP contribution < -0.4 is 15.7 Å². The van der Waals surface area contributed by atoms with Crippen LogP contribution in [0.1, 0.15) is 17.3 Å². The molecule has 0 aliphatic heterocycles. The number of carbonyl (C=O) groups excluding carboxylic acids is 2. The summed E-state index contributed by atoms with van der Waals surface area (Å²) in [5.74, 6) is 0.0401. The minimum absolute atomic E-state index is 0.0378. The Labute approximate surface area is 143 Å². The Morgan fingerprint density at radius 2 is 1.76 bits per heavy atom. The highest BCUT2D eigenvalue weighted by molar-refractivity contribution is 5.96. The highest BCUT2D eigenvalue weighted by Gasteiger charge is 2.06. The van der Waals surface area contributed by atoms with Gasteiger partial charge in [-0.15, -0.1) is 0 Å². The number of carbonyl (C=O) groups is 2. The summed E-state index contributed by atoms with van der Waals surface area (Å²) in [4.78, 5) is 34.4. The van der Waals surface area contributed by atoms with Crippen LogP contribution in [-0.4, -0.2) is 18.3 Å². The first-order chi connectivity index (χ1) is 12.0. The quantitative estimate of drug-likeness (QED) is 0.571. The second kappa shape index (κ2) is 7.00. The van der Waals surface area contributed by atoms with Gasteiger partial charge in [-0.1, -0.05) is 0 Å². The van der Waals surface area contributed by atoms with Gasteiger partial charge in [0.15, 0.2) is 12.4 Å². The molecule has 0 bridgehead atoms. The Kier molecular flexibility index (Phi) is 4.61. The first kappa shape index (κ1) is 16.4. The number of rotatable bonds is 5. The Balaban J connectivity index is 1.62. The van der Waals surface area contributed by atoms with Crippen LogP contribution in [0.15, 0.2) is 63.8 Å². The maximum atomic E-state index is 11.9. The van der Waals surface area contributed by atoms with E-state index in [9.17, 15) is 14.4 Å². The van der Waals surface area contributed by atoms with E-state index in [-0.39, 0.29) is 18.3 Å². The van der Waals surface area contributed by atoms with E-state index < -0.39 is 5.63 Å². The van der Waals surface area contributed by atoms with E-state index in [4.69, 9.17) is 9.15 Å².